The van der Waals surface area contributed by atoms with Crippen LogP contribution in [0, 0.1) is 5.82 Å². The predicted molar refractivity (Wildman–Crippen MR) is 130 cm³/mol. The van der Waals surface area contributed by atoms with Crippen molar-refractivity contribution in [2.24, 2.45) is 4.40 Å². The summed E-state index contributed by atoms with van der Waals surface area (Å²) in [6.45, 7) is 5.99. The molecule has 1 heterocycles. The molecule has 2 unspecified atom stereocenters. The number of aldehydes is 1. The molecule has 2 rings (SSSR count). The first-order valence-electron chi connectivity index (χ1n) is 10.7. The van der Waals surface area contributed by atoms with Crippen LogP contribution in [-0.4, -0.2) is 24.0 Å². The Bertz CT molecular complexity index is 892. The third-order valence-electron chi connectivity index (χ3n) is 5.62. The zero-order valence-corrected chi connectivity index (χ0v) is 19.5. The van der Waals surface area contributed by atoms with Gasteiger partial charge in [-0.1, -0.05) is 24.3 Å². The summed E-state index contributed by atoms with van der Waals surface area (Å²) >= 11 is 0. The van der Waals surface area contributed by atoms with Crippen LogP contribution in [0.4, 0.5) is 4.39 Å². The minimum absolute atomic E-state index is 0.106. The van der Waals surface area contributed by atoms with Crippen molar-refractivity contribution in [3.8, 4) is 0 Å². The molecule has 2 nitrogen and oxygen atoms in total. The molecule has 0 aromatic heterocycles. The first-order chi connectivity index (χ1) is 14.4. The molecule has 1 aromatic carbocycles. The number of rotatable bonds is 9. The normalized spacial score (nSPS) is 24.7. The summed E-state index contributed by atoms with van der Waals surface area (Å²) in [4.78, 5) is 10.6. The maximum absolute atomic E-state index is 14.3. The van der Waals surface area contributed by atoms with Gasteiger partial charge in [-0.25, -0.2) is 8.79 Å². The van der Waals surface area contributed by atoms with E-state index in [-0.39, 0.29) is 11.1 Å². The molecule has 1 saturated heterocycles. The quantitative estimate of drug-likeness (QED) is 0.100. The third-order valence-corrected chi connectivity index (χ3v) is 9.15. The van der Waals surface area contributed by atoms with Crippen molar-refractivity contribution in [1.82, 2.24) is 0 Å². The van der Waals surface area contributed by atoms with Gasteiger partial charge >= 0.3 is 0 Å². The van der Waals surface area contributed by atoms with E-state index in [9.17, 15) is 9.18 Å². The molecule has 0 spiro atoms. The molecule has 1 fully saturated rings. The van der Waals surface area contributed by atoms with Gasteiger partial charge in [-0.15, -0.1) is 15.9 Å². The van der Waals surface area contributed by atoms with Crippen molar-refractivity contribution in [2.45, 2.75) is 58.1 Å². The number of unbranched alkanes of at least 4 members (excludes halogenated alkanes) is 1. The number of carbonyl (C=O) groups is 1. The number of carbonyl (C=O) groups excluding carboxylic acids is 1. The van der Waals surface area contributed by atoms with Crippen LogP contribution in [-0.2, 0) is 4.79 Å². The fraction of sp³-hybridized carbons (Fsp3) is 0.423. The molecule has 162 valence electrons. The van der Waals surface area contributed by atoms with Gasteiger partial charge in [0.25, 0.3) is 0 Å². The number of nitrogens with zero attached hydrogens (tertiary/aromatic N) is 1. The second-order valence-electron chi connectivity index (χ2n) is 7.90. The number of halogens is 1. The molecule has 0 amide bonds. The zero-order valence-electron chi connectivity index (χ0n) is 18.7. The Kier molecular flexibility index (Phi) is 9.55. The lowest BCUT2D eigenvalue weighted by molar-refractivity contribution is -0.104. The lowest BCUT2D eigenvalue weighted by atomic mass is 10.0. The summed E-state index contributed by atoms with van der Waals surface area (Å²) < 4.78 is 19.4. The summed E-state index contributed by atoms with van der Waals surface area (Å²) in [7, 11) is -1.28. The molecule has 0 saturated carbocycles. The molecule has 1 aliphatic heterocycles. The second-order valence-corrected chi connectivity index (χ2v) is 11.3. The number of benzene rings is 1. The van der Waals surface area contributed by atoms with E-state index in [1.54, 1.807) is 18.2 Å². The average molecular weight is 428 g/mol. The first-order valence-corrected chi connectivity index (χ1v) is 12.9. The van der Waals surface area contributed by atoms with Crippen LogP contribution in [0.5, 0.6) is 0 Å². The van der Waals surface area contributed by atoms with E-state index < -0.39 is 10.2 Å². The summed E-state index contributed by atoms with van der Waals surface area (Å²) in [5.74, 6) is 0.950. The standard InChI is InChI=1S/C26H34FNOS/c1-5-23(21(2)18-19-29)14-9-7-6-8-13-22(3)28-30(4)20-12-17-26(30)24-15-10-11-16-25(24)27/h5-6,10-11,13,15-16,18-19,26H,7,9,12,14,17,20H2,1-4H3/b21-18-,23-5-,28-22+. The molecule has 0 aliphatic carbocycles. The van der Waals surface area contributed by atoms with Crippen LogP contribution in [0.25, 0.3) is 0 Å². The van der Waals surface area contributed by atoms with E-state index >= 15 is 0 Å². The second kappa shape index (κ2) is 11.9. The average Bonchev–Trinajstić information content (AvgIpc) is 3.08. The van der Waals surface area contributed by atoms with E-state index in [2.05, 4.69) is 18.1 Å². The van der Waals surface area contributed by atoms with Gasteiger partial charge in [0.1, 0.15) is 12.1 Å². The largest absolute Gasteiger partial charge is 0.299 e. The van der Waals surface area contributed by atoms with Crippen LogP contribution in [0.15, 0.2) is 69.8 Å². The molecule has 0 bridgehead atoms. The van der Waals surface area contributed by atoms with Gasteiger partial charge < -0.3 is 0 Å². The van der Waals surface area contributed by atoms with E-state index in [1.165, 1.54) is 5.57 Å². The van der Waals surface area contributed by atoms with Crippen molar-refractivity contribution in [2.75, 3.05) is 12.0 Å². The molecule has 2 atom stereocenters. The van der Waals surface area contributed by atoms with Crippen LogP contribution in [0.2, 0.25) is 0 Å². The maximum Gasteiger partial charge on any atom is 0.143 e. The smallest absolute Gasteiger partial charge is 0.143 e. The fourth-order valence-electron chi connectivity index (χ4n) is 4.02. The highest BCUT2D eigenvalue weighted by molar-refractivity contribution is 8.32. The highest BCUT2D eigenvalue weighted by Gasteiger charge is 2.36. The van der Waals surface area contributed by atoms with Crippen LogP contribution < -0.4 is 0 Å². The van der Waals surface area contributed by atoms with E-state index in [0.29, 0.717) is 0 Å². The molecule has 4 heteroatoms. The van der Waals surface area contributed by atoms with Crippen molar-refractivity contribution in [3.63, 3.8) is 0 Å². The van der Waals surface area contributed by atoms with Gasteiger partial charge in [0.05, 0.1) is 5.71 Å². The molecule has 0 radical (unpaired) electrons. The number of allylic oxidation sites excluding steroid dienone is 5. The molecule has 1 aliphatic rings. The number of hydrogen-bond donors (Lipinski definition) is 0. The summed E-state index contributed by atoms with van der Waals surface area (Å²) in [5.41, 5.74) is 7.29. The summed E-state index contributed by atoms with van der Waals surface area (Å²) in [5, 5.41) is 0.202. The minimum Gasteiger partial charge on any atom is -0.299 e. The minimum atomic E-state index is -1.28. The summed E-state index contributed by atoms with van der Waals surface area (Å²) in [6, 6.07) is 7.15. The molecule has 30 heavy (non-hydrogen) atoms. The van der Waals surface area contributed by atoms with E-state index in [0.717, 1.165) is 61.0 Å². The van der Waals surface area contributed by atoms with Gasteiger partial charge in [-0.2, -0.15) is 0 Å². The highest BCUT2D eigenvalue weighted by Crippen LogP contribution is 2.65. The van der Waals surface area contributed by atoms with Crippen LogP contribution in [0.1, 0.15) is 63.7 Å². The molecule has 0 N–H and O–H groups in total. The van der Waals surface area contributed by atoms with Gasteiger partial charge in [-0.05, 0) is 94.2 Å². The maximum atomic E-state index is 14.3. The fourth-order valence-corrected chi connectivity index (χ4v) is 7.40. The monoisotopic (exact) mass is 427 g/mol. The van der Waals surface area contributed by atoms with Crippen molar-refractivity contribution in [3.05, 3.63) is 76.8 Å². The van der Waals surface area contributed by atoms with E-state index in [4.69, 9.17) is 4.40 Å². The highest BCUT2D eigenvalue weighted by atomic mass is 32.3. The Morgan fingerprint density at radius 1 is 1.33 bits per heavy atom. The van der Waals surface area contributed by atoms with Crippen molar-refractivity contribution < 1.29 is 9.18 Å². The lowest BCUT2D eigenvalue weighted by Crippen LogP contribution is -2.07. The Hall–Kier alpha value is -2.16. The molecule has 1 aromatic rings. The summed E-state index contributed by atoms with van der Waals surface area (Å²) in [6.07, 6.45) is 15.8. The van der Waals surface area contributed by atoms with Gasteiger partial charge in [0.2, 0.25) is 0 Å². The van der Waals surface area contributed by atoms with E-state index in [1.807, 2.05) is 45.1 Å². The Morgan fingerprint density at radius 2 is 2.10 bits per heavy atom. The van der Waals surface area contributed by atoms with Gasteiger partial charge in [0, 0.05) is 16.9 Å². The molecular formula is C26H34FNOS. The van der Waals surface area contributed by atoms with Crippen LogP contribution in [0.3, 0.4) is 0 Å². The lowest BCUT2D eigenvalue weighted by Gasteiger charge is -2.34. The topological polar surface area (TPSA) is 29.4 Å². The predicted octanol–water partition coefficient (Wildman–Crippen LogP) is 7.44. The first kappa shape index (κ1) is 24.1. The third kappa shape index (κ3) is 6.68. The Balaban J connectivity index is 1.98. The van der Waals surface area contributed by atoms with Crippen molar-refractivity contribution in [1.29, 1.82) is 0 Å². The van der Waals surface area contributed by atoms with Crippen LogP contribution >= 0.6 is 10.2 Å². The zero-order chi connectivity index (χ0) is 22.0. The van der Waals surface area contributed by atoms with Gasteiger partial charge in [-0.3, -0.25) is 4.79 Å². The Labute approximate surface area is 182 Å². The molecular weight excluding hydrogens is 393 g/mol. The SMILES string of the molecule is C/C=C(CCCC=C=C/C(C)=N/S1(C)CCCC1c1ccccc1F)\C(C)=C/C=O. The number of hydrogen-bond acceptors (Lipinski definition) is 2. The Morgan fingerprint density at radius 3 is 2.80 bits per heavy atom. The van der Waals surface area contributed by atoms with Gasteiger partial charge in [0.15, 0.2) is 0 Å². The van der Waals surface area contributed by atoms with Crippen molar-refractivity contribution >= 4 is 22.2 Å².